The van der Waals surface area contributed by atoms with Crippen LogP contribution in [-0.4, -0.2) is 78.7 Å². The Labute approximate surface area is 218 Å². The van der Waals surface area contributed by atoms with Crippen molar-refractivity contribution in [3.63, 3.8) is 0 Å². The summed E-state index contributed by atoms with van der Waals surface area (Å²) in [5, 5.41) is 13.1. The number of sulfonamides is 1. The van der Waals surface area contributed by atoms with Crippen LogP contribution in [0.25, 0.3) is 16.4 Å². The number of nitrogens with one attached hydrogen (secondary N) is 2. The van der Waals surface area contributed by atoms with Gasteiger partial charge in [-0.25, -0.2) is 22.4 Å². The van der Waals surface area contributed by atoms with E-state index >= 15 is 0 Å². The molecule has 5 rings (SSSR count). The minimum atomic E-state index is -3.50. The van der Waals surface area contributed by atoms with Gasteiger partial charge in [0.15, 0.2) is 0 Å². The molecule has 1 aliphatic heterocycles. The third kappa shape index (κ3) is 5.25. The van der Waals surface area contributed by atoms with Crippen molar-refractivity contribution in [1.29, 1.82) is 0 Å². The Morgan fingerprint density at radius 1 is 1.11 bits per heavy atom. The van der Waals surface area contributed by atoms with E-state index in [2.05, 4.69) is 30.6 Å². The van der Waals surface area contributed by atoms with Crippen molar-refractivity contribution in [2.45, 2.75) is 4.90 Å². The maximum Gasteiger partial charge on any atom is 0.275 e. The van der Waals surface area contributed by atoms with Crippen molar-refractivity contribution in [2.24, 2.45) is 0 Å². The quantitative estimate of drug-likeness (QED) is 0.367. The number of piperazine rings is 1. The van der Waals surface area contributed by atoms with Gasteiger partial charge in [-0.2, -0.15) is 5.10 Å². The molecule has 0 atom stereocenters. The molecular weight excluding hydrogens is 512 g/mol. The van der Waals surface area contributed by atoms with Gasteiger partial charge in [0, 0.05) is 58.0 Å². The Morgan fingerprint density at radius 2 is 1.86 bits per heavy atom. The highest BCUT2D eigenvalue weighted by Crippen LogP contribution is 2.27. The second-order valence-electron chi connectivity index (χ2n) is 8.55. The Hall–Kier alpha value is -3.65. The van der Waals surface area contributed by atoms with Gasteiger partial charge in [-0.3, -0.25) is 9.78 Å². The number of anilines is 2. The predicted molar refractivity (Wildman–Crippen MR) is 143 cm³/mol. The lowest BCUT2D eigenvalue weighted by molar-refractivity contribution is 0.102. The number of thiazole rings is 1. The molecule has 1 saturated heterocycles. The summed E-state index contributed by atoms with van der Waals surface area (Å²) in [4.78, 5) is 24.1. The van der Waals surface area contributed by atoms with E-state index < -0.39 is 10.0 Å². The number of amides is 1. The van der Waals surface area contributed by atoms with E-state index in [4.69, 9.17) is 0 Å². The van der Waals surface area contributed by atoms with Crippen LogP contribution in [0.4, 0.5) is 11.4 Å². The van der Waals surface area contributed by atoms with Crippen molar-refractivity contribution in [2.75, 3.05) is 50.5 Å². The molecule has 192 valence electrons. The lowest BCUT2D eigenvalue weighted by atomic mass is 10.2. The number of carbonyl (C=O) groups excluding carboxylic acids is 1. The van der Waals surface area contributed by atoms with Crippen LogP contribution in [0, 0.1) is 0 Å². The summed E-state index contributed by atoms with van der Waals surface area (Å²) in [6.07, 6.45) is 5.14. The number of rotatable bonds is 7. The normalized spacial score (nSPS) is 14.2. The average Bonchev–Trinajstić information content (AvgIpc) is 3.60. The molecule has 11 nitrogen and oxygen atoms in total. The molecular formula is C24H26N8O3S2. The highest BCUT2D eigenvalue weighted by atomic mass is 32.2. The van der Waals surface area contributed by atoms with Crippen molar-refractivity contribution in [1.82, 2.24) is 29.4 Å². The molecule has 4 heterocycles. The zero-order chi connectivity index (χ0) is 26.0. The predicted octanol–water partition coefficient (Wildman–Crippen LogP) is 2.30. The first-order valence-electron chi connectivity index (χ1n) is 11.6. The number of carbonyl (C=O) groups is 1. The summed E-state index contributed by atoms with van der Waals surface area (Å²) in [6.45, 7) is 3.48. The van der Waals surface area contributed by atoms with Crippen molar-refractivity contribution >= 4 is 38.6 Å². The first-order chi connectivity index (χ1) is 17.8. The van der Waals surface area contributed by atoms with Crippen LogP contribution in [-0.2, 0) is 10.0 Å². The largest absolute Gasteiger partial charge is 0.367 e. The molecule has 0 saturated carbocycles. The van der Waals surface area contributed by atoms with E-state index in [-0.39, 0.29) is 10.8 Å². The minimum absolute atomic E-state index is 0.206. The molecule has 13 heteroatoms. The standard InChI is InChI=1S/C24H26N8O3S2/c1-30(2)37(34,35)18-5-3-17(4-6-18)32-12-8-19(29-32)24-28-21(16-36-24)23(33)27-20-15-26-9-7-22(20)31-13-10-25-11-14-31/h3-9,12,15-16,25H,10-11,13-14H2,1-2H3,(H,27,33). The van der Waals surface area contributed by atoms with Crippen LogP contribution in [0.1, 0.15) is 10.5 Å². The van der Waals surface area contributed by atoms with Gasteiger partial charge in [-0.1, -0.05) is 0 Å². The molecule has 1 aromatic carbocycles. The molecule has 1 amide bonds. The number of benzene rings is 1. The number of pyridine rings is 1. The maximum absolute atomic E-state index is 13.0. The summed E-state index contributed by atoms with van der Waals surface area (Å²) in [5.41, 5.74) is 3.19. The highest BCUT2D eigenvalue weighted by Gasteiger charge is 2.19. The molecule has 4 aromatic rings. The Kier molecular flexibility index (Phi) is 7.02. The molecule has 2 N–H and O–H groups in total. The Bertz CT molecular complexity index is 1510. The zero-order valence-corrected chi connectivity index (χ0v) is 22.0. The summed E-state index contributed by atoms with van der Waals surface area (Å²) in [7, 11) is -0.516. The number of hydrogen-bond acceptors (Lipinski definition) is 9. The van der Waals surface area contributed by atoms with E-state index in [1.807, 2.05) is 6.07 Å². The molecule has 3 aromatic heterocycles. The van der Waals surface area contributed by atoms with Crippen molar-refractivity contribution in [3.8, 4) is 16.4 Å². The van der Waals surface area contributed by atoms with Crippen LogP contribution in [0.2, 0.25) is 0 Å². The summed E-state index contributed by atoms with van der Waals surface area (Å²) >= 11 is 1.32. The van der Waals surface area contributed by atoms with Crippen LogP contribution < -0.4 is 15.5 Å². The van der Waals surface area contributed by atoms with Gasteiger partial charge in [0.1, 0.15) is 16.4 Å². The molecule has 1 aliphatic rings. The lowest BCUT2D eigenvalue weighted by Gasteiger charge is -2.30. The SMILES string of the molecule is CN(C)S(=O)(=O)c1ccc(-n2ccc(-c3nc(C(=O)Nc4cnccc4N4CCNCC4)cs3)n2)cc1. The Morgan fingerprint density at radius 3 is 2.59 bits per heavy atom. The van der Waals surface area contributed by atoms with Gasteiger partial charge in [0.05, 0.1) is 28.2 Å². The maximum atomic E-state index is 13.0. The summed E-state index contributed by atoms with van der Waals surface area (Å²) in [6, 6.07) is 10.2. The smallest absolute Gasteiger partial charge is 0.275 e. The van der Waals surface area contributed by atoms with Gasteiger partial charge >= 0.3 is 0 Å². The van der Waals surface area contributed by atoms with Crippen molar-refractivity contribution < 1.29 is 13.2 Å². The fourth-order valence-corrected chi connectivity index (χ4v) is 5.58. The fraction of sp³-hybridized carbons (Fsp3) is 0.250. The fourth-order valence-electron chi connectivity index (χ4n) is 3.91. The molecule has 37 heavy (non-hydrogen) atoms. The number of hydrogen-bond donors (Lipinski definition) is 2. The summed E-state index contributed by atoms with van der Waals surface area (Å²) < 4.78 is 27.4. The van der Waals surface area contributed by atoms with Crippen LogP contribution in [0.5, 0.6) is 0 Å². The monoisotopic (exact) mass is 538 g/mol. The van der Waals surface area contributed by atoms with Crippen LogP contribution in [0.15, 0.2) is 65.3 Å². The van der Waals surface area contributed by atoms with Gasteiger partial charge in [-0.15, -0.1) is 11.3 Å². The van der Waals surface area contributed by atoms with E-state index in [1.165, 1.54) is 29.7 Å². The number of aromatic nitrogens is 4. The average molecular weight is 539 g/mol. The minimum Gasteiger partial charge on any atom is -0.367 e. The molecule has 0 aliphatic carbocycles. The number of nitrogens with zero attached hydrogens (tertiary/aromatic N) is 6. The highest BCUT2D eigenvalue weighted by molar-refractivity contribution is 7.89. The van der Waals surface area contributed by atoms with E-state index in [9.17, 15) is 13.2 Å². The second-order valence-corrected chi connectivity index (χ2v) is 11.6. The van der Waals surface area contributed by atoms with Gasteiger partial charge in [-0.05, 0) is 36.4 Å². The van der Waals surface area contributed by atoms with Crippen LogP contribution >= 0.6 is 11.3 Å². The third-order valence-electron chi connectivity index (χ3n) is 5.93. The first kappa shape index (κ1) is 25.0. The van der Waals surface area contributed by atoms with E-state index in [1.54, 1.807) is 59.0 Å². The molecule has 1 fully saturated rings. The Balaban J connectivity index is 1.30. The lowest BCUT2D eigenvalue weighted by Crippen LogP contribution is -2.43. The van der Waals surface area contributed by atoms with Crippen LogP contribution in [0.3, 0.4) is 0 Å². The van der Waals surface area contributed by atoms with Gasteiger partial charge < -0.3 is 15.5 Å². The van der Waals surface area contributed by atoms with E-state index in [0.717, 1.165) is 31.9 Å². The first-order valence-corrected chi connectivity index (χ1v) is 13.9. The van der Waals surface area contributed by atoms with Gasteiger partial charge in [0.2, 0.25) is 10.0 Å². The zero-order valence-electron chi connectivity index (χ0n) is 20.3. The summed E-state index contributed by atoms with van der Waals surface area (Å²) in [5.74, 6) is -0.316. The molecule has 0 bridgehead atoms. The molecule has 0 spiro atoms. The molecule has 0 radical (unpaired) electrons. The second kappa shape index (κ2) is 10.4. The van der Waals surface area contributed by atoms with Crippen molar-refractivity contribution in [3.05, 3.63) is 66.1 Å². The molecule has 0 unspecified atom stereocenters. The third-order valence-corrected chi connectivity index (χ3v) is 8.62. The van der Waals surface area contributed by atoms with Gasteiger partial charge in [0.25, 0.3) is 5.91 Å². The topological polar surface area (TPSA) is 125 Å². The van der Waals surface area contributed by atoms with E-state index in [0.29, 0.717) is 27.8 Å².